The van der Waals surface area contributed by atoms with Gasteiger partial charge in [-0.2, -0.15) is 8.78 Å². The summed E-state index contributed by atoms with van der Waals surface area (Å²) in [6, 6.07) is 7.10. The van der Waals surface area contributed by atoms with Crippen LogP contribution in [0.1, 0.15) is 24.5 Å². The first-order chi connectivity index (χ1) is 8.90. The zero-order valence-electron chi connectivity index (χ0n) is 10.7. The van der Waals surface area contributed by atoms with Crippen molar-refractivity contribution in [3.63, 3.8) is 0 Å². The minimum absolute atomic E-state index is 0.138. The number of hydrogen-bond acceptors (Lipinski definition) is 3. The molecule has 0 heterocycles. The molecular formula is C14H16F2O3. The molecule has 1 atom stereocenters. The minimum atomic E-state index is -3.89. The largest absolute Gasteiger partial charge is 0.461 e. The Morgan fingerprint density at radius 1 is 1.42 bits per heavy atom. The van der Waals surface area contributed by atoms with Crippen LogP contribution in [-0.4, -0.2) is 29.2 Å². The van der Waals surface area contributed by atoms with Crippen LogP contribution in [-0.2, 0) is 22.4 Å². The molecular weight excluding hydrogens is 254 g/mol. The summed E-state index contributed by atoms with van der Waals surface area (Å²) in [6.07, 6.45) is -0.0769. The van der Waals surface area contributed by atoms with Gasteiger partial charge in [-0.05, 0) is 30.9 Å². The summed E-state index contributed by atoms with van der Waals surface area (Å²) in [6.45, 7) is 1.31. The molecule has 0 radical (unpaired) electrons. The standard InChI is InChI=1S/C14H16F2O3/c1-2-19-12(17)14(15,16)13(18)8-7-10-5-3-4-6-11(10)9-13/h3-6,18H,2,7-9H2,1H3. The molecule has 0 fully saturated rings. The molecule has 1 aliphatic carbocycles. The number of halogens is 2. The van der Waals surface area contributed by atoms with E-state index in [1.54, 1.807) is 12.1 Å². The molecule has 1 N–H and O–H groups in total. The Hall–Kier alpha value is -1.49. The highest BCUT2D eigenvalue weighted by atomic mass is 19.3. The lowest BCUT2D eigenvalue weighted by atomic mass is 9.76. The third kappa shape index (κ3) is 2.34. The number of ether oxygens (including phenoxy) is 1. The predicted octanol–water partition coefficient (Wildman–Crippen LogP) is 2.10. The van der Waals surface area contributed by atoms with E-state index in [-0.39, 0.29) is 19.4 Å². The van der Waals surface area contributed by atoms with Crippen molar-refractivity contribution in [2.24, 2.45) is 0 Å². The Kier molecular flexibility index (Phi) is 3.58. The van der Waals surface area contributed by atoms with Crippen LogP contribution in [0, 0.1) is 0 Å². The topological polar surface area (TPSA) is 46.5 Å². The van der Waals surface area contributed by atoms with E-state index in [0.29, 0.717) is 12.0 Å². The fourth-order valence-electron chi connectivity index (χ4n) is 2.40. The number of alkyl halides is 2. The first-order valence-corrected chi connectivity index (χ1v) is 6.25. The monoisotopic (exact) mass is 270 g/mol. The van der Waals surface area contributed by atoms with E-state index in [9.17, 15) is 18.7 Å². The maximum atomic E-state index is 14.0. The van der Waals surface area contributed by atoms with Crippen LogP contribution in [0.5, 0.6) is 0 Å². The van der Waals surface area contributed by atoms with Crippen LogP contribution in [0.25, 0.3) is 0 Å². The number of aryl methyl sites for hydroxylation is 1. The molecule has 0 bridgehead atoms. The van der Waals surface area contributed by atoms with Gasteiger partial charge in [0.15, 0.2) is 0 Å². The molecule has 0 spiro atoms. The molecule has 104 valence electrons. The molecule has 1 unspecified atom stereocenters. The summed E-state index contributed by atoms with van der Waals surface area (Å²) in [7, 11) is 0. The summed E-state index contributed by atoms with van der Waals surface area (Å²) in [4.78, 5) is 11.3. The van der Waals surface area contributed by atoms with E-state index in [4.69, 9.17) is 0 Å². The van der Waals surface area contributed by atoms with E-state index in [1.165, 1.54) is 6.92 Å². The van der Waals surface area contributed by atoms with Gasteiger partial charge in [0.25, 0.3) is 0 Å². The fraction of sp³-hybridized carbons (Fsp3) is 0.500. The lowest BCUT2D eigenvalue weighted by Gasteiger charge is -2.37. The lowest BCUT2D eigenvalue weighted by Crippen LogP contribution is -2.56. The van der Waals surface area contributed by atoms with Gasteiger partial charge in [-0.3, -0.25) is 0 Å². The van der Waals surface area contributed by atoms with Crippen LogP contribution in [0.3, 0.4) is 0 Å². The van der Waals surface area contributed by atoms with Gasteiger partial charge < -0.3 is 9.84 Å². The molecule has 1 aromatic rings. The van der Waals surface area contributed by atoms with Crippen LogP contribution < -0.4 is 0 Å². The molecule has 0 amide bonds. The smallest absolute Gasteiger partial charge is 0.380 e. The Bertz CT molecular complexity index is 487. The first-order valence-electron chi connectivity index (χ1n) is 6.25. The second kappa shape index (κ2) is 4.89. The van der Waals surface area contributed by atoms with Crippen LogP contribution in [0.15, 0.2) is 24.3 Å². The van der Waals surface area contributed by atoms with E-state index >= 15 is 0 Å². The quantitative estimate of drug-likeness (QED) is 0.856. The summed E-state index contributed by atoms with van der Waals surface area (Å²) in [5.74, 6) is -5.55. The minimum Gasteiger partial charge on any atom is -0.461 e. The number of rotatable bonds is 3. The number of esters is 1. The Morgan fingerprint density at radius 3 is 2.68 bits per heavy atom. The highest BCUT2D eigenvalue weighted by molar-refractivity contribution is 5.79. The van der Waals surface area contributed by atoms with Gasteiger partial charge >= 0.3 is 11.9 Å². The van der Waals surface area contributed by atoms with Gasteiger partial charge in [-0.15, -0.1) is 0 Å². The van der Waals surface area contributed by atoms with Crippen molar-refractivity contribution < 1.29 is 23.4 Å². The lowest BCUT2D eigenvalue weighted by molar-refractivity contribution is -0.216. The van der Waals surface area contributed by atoms with E-state index in [1.807, 2.05) is 12.1 Å². The molecule has 1 aromatic carbocycles. The highest BCUT2D eigenvalue weighted by Crippen LogP contribution is 2.40. The van der Waals surface area contributed by atoms with E-state index in [2.05, 4.69) is 4.74 Å². The predicted molar refractivity (Wildman–Crippen MR) is 65.0 cm³/mol. The average Bonchev–Trinajstić information content (AvgIpc) is 2.38. The van der Waals surface area contributed by atoms with Crippen molar-refractivity contribution in [2.45, 2.75) is 37.7 Å². The van der Waals surface area contributed by atoms with E-state index in [0.717, 1.165) is 5.56 Å². The molecule has 19 heavy (non-hydrogen) atoms. The third-order valence-electron chi connectivity index (χ3n) is 3.53. The molecule has 5 heteroatoms. The van der Waals surface area contributed by atoms with Crippen molar-refractivity contribution >= 4 is 5.97 Å². The summed E-state index contributed by atoms with van der Waals surface area (Å²) in [5, 5.41) is 10.2. The Morgan fingerprint density at radius 2 is 2.05 bits per heavy atom. The van der Waals surface area contributed by atoms with Gasteiger partial charge in [-0.25, -0.2) is 4.79 Å². The third-order valence-corrected chi connectivity index (χ3v) is 3.53. The van der Waals surface area contributed by atoms with Gasteiger partial charge in [0.05, 0.1) is 6.61 Å². The van der Waals surface area contributed by atoms with Crippen molar-refractivity contribution in [2.75, 3.05) is 6.61 Å². The molecule has 0 aromatic heterocycles. The number of aliphatic hydroxyl groups is 1. The summed E-state index contributed by atoms with van der Waals surface area (Å²) >= 11 is 0. The maximum Gasteiger partial charge on any atom is 0.380 e. The van der Waals surface area contributed by atoms with Gasteiger partial charge in [0, 0.05) is 6.42 Å². The average molecular weight is 270 g/mol. The fourth-order valence-corrected chi connectivity index (χ4v) is 2.40. The Labute approximate surface area is 110 Å². The molecule has 2 rings (SSSR count). The molecule has 0 aliphatic heterocycles. The van der Waals surface area contributed by atoms with Crippen LogP contribution in [0.2, 0.25) is 0 Å². The highest BCUT2D eigenvalue weighted by Gasteiger charge is 2.60. The van der Waals surface area contributed by atoms with E-state index < -0.39 is 17.5 Å². The number of fused-ring (bicyclic) bond motifs is 1. The normalized spacial score (nSPS) is 22.7. The SMILES string of the molecule is CCOC(=O)C(F)(F)C1(O)CCc2ccccc2C1. The molecule has 3 nitrogen and oxygen atoms in total. The number of carbonyl (C=O) groups is 1. The van der Waals surface area contributed by atoms with Crippen molar-refractivity contribution in [3.05, 3.63) is 35.4 Å². The first kappa shape index (κ1) is 13.9. The summed E-state index contributed by atoms with van der Waals surface area (Å²) in [5.41, 5.74) is -0.778. The zero-order valence-corrected chi connectivity index (χ0v) is 10.7. The van der Waals surface area contributed by atoms with Crippen molar-refractivity contribution in [1.82, 2.24) is 0 Å². The van der Waals surface area contributed by atoms with Gasteiger partial charge in [0.1, 0.15) is 5.60 Å². The zero-order chi connectivity index (χ0) is 14.1. The van der Waals surface area contributed by atoms with Crippen LogP contribution >= 0.6 is 0 Å². The Balaban J connectivity index is 2.28. The maximum absolute atomic E-state index is 14.0. The van der Waals surface area contributed by atoms with Crippen molar-refractivity contribution in [3.8, 4) is 0 Å². The number of carbonyl (C=O) groups excluding carboxylic acids is 1. The van der Waals surface area contributed by atoms with Crippen molar-refractivity contribution in [1.29, 1.82) is 0 Å². The van der Waals surface area contributed by atoms with Crippen LogP contribution in [0.4, 0.5) is 8.78 Å². The molecule has 0 saturated heterocycles. The number of benzene rings is 1. The second-order valence-electron chi connectivity index (χ2n) is 4.77. The summed E-state index contributed by atoms with van der Waals surface area (Å²) < 4.78 is 32.5. The molecule has 1 aliphatic rings. The molecule has 0 saturated carbocycles. The number of hydrogen-bond donors (Lipinski definition) is 1. The second-order valence-corrected chi connectivity index (χ2v) is 4.77. The van der Waals surface area contributed by atoms with Gasteiger partial charge in [-0.1, -0.05) is 24.3 Å². The van der Waals surface area contributed by atoms with Gasteiger partial charge in [0.2, 0.25) is 0 Å².